The molecule has 0 spiro atoms. The van der Waals surface area contributed by atoms with Crippen LogP contribution < -0.4 is 9.80 Å². The summed E-state index contributed by atoms with van der Waals surface area (Å²) in [6, 6.07) is 46.4. The van der Waals surface area contributed by atoms with Crippen LogP contribution in [-0.2, 0) is 6.42 Å². The minimum absolute atomic E-state index is 0.624. The first kappa shape index (κ1) is 24.0. The summed E-state index contributed by atoms with van der Waals surface area (Å²) >= 11 is 0. The van der Waals surface area contributed by atoms with E-state index in [0.29, 0.717) is 11.1 Å². The van der Waals surface area contributed by atoms with Crippen LogP contribution in [0.3, 0.4) is 0 Å². The Morgan fingerprint density at radius 1 is 0.595 bits per heavy atom. The van der Waals surface area contributed by atoms with E-state index in [2.05, 4.69) is 88.7 Å². The standard InChI is InChI=1S/C38H24N4/c39-23-25-13-14-26-19-20-41(35(26)21-25)36-22-28-16-18-34(32-17-15-27-8-6-11-31(36)37(27)38(28)32)42(30-9-2-1-3-10-30)33-12-5-4-7-29(33)24-40/h1-18,21-22H,19-20H2. The number of anilines is 5. The largest absolute Gasteiger partial charge is 0.340 e. The molecule has 0 atom stereocenters. The van der Waals surface area contributed by atoms with Gasteiger partial charge in [0.2, 0.25) is 0 Å². The van der Waals surface area contributed by atoms with Gasteiger partial charge in [-0.15, -0.1) is 0 Å². The van der Waals surface area contributed by atoms with Crippen LogP contribution in [0.1, 0.15) is 16.7 Å². The average Bonchev–Trinajstić information content (AvgIpc) is 3.48. The number of nitrogens with zero attached hydrogens (tertiary/aromatic N) is 4. The van der Waals surface area contributed by atoms with E-state index < -0.39 is 0 Å². The van der Waals surface area contributed by atoms with Crippen LogP contribution in [0.25, 0.3) is 32.3 Å². The van der Waals surface area contributed by atoms with Crippen molar-refractivity contribution >= 4 is 60.8 Å². The van der Waals surface area contributed by atoms with Crippen LogP contribution >= 0.6 is 0 Å². The van der Waals surface area contributed by atoms with Gasteiger partial charge in [-0.25, -0.2) is 0 Å². The molecular weight excluding hydrogens is 512 g/mol. The quantitative estimate of drug-likeness (QED) is 0.210. The summed E-state index contributed by atoms with van der Waals surface area (Å²) in [7, 11) is 0. The molecule has 4 nitrogen and oxygen atoms in total. The van der Waals surface area contributed by atoms with E-state index in [1.54, 1.807) is 0 Å². The van der Waals surface area contributed by atoms with E-state index in [0.717, 1.165) is 46.8 Å². The van der Waals surface area contributed by atoms with E-state index >= 15 is 0 Å². The zero-order valence-electron chi connectivity index (χ0n) is 22.8. The average molecular weight is 537 g/mol. The molecule has 0 N–H and O–H groups in total. The van der Waals surface area contributed by atoms with Crippen molar-refractivity contribution in [2.45, 2.75) is 6.42 Å². The smallest absolute Gasteiger partial charge is 0.101 e. The van der Waals surface area contributed by atoms with Gasteiger partial charge < -0.3 is 9.80 Å². The molecule has 1 aliphatic rings. The summed E-state index contributed by atoms with van der Waals surface area (Å²) in [6.07, 6.45) is 0.953. The summed E-state index contributed by atoms with van der Waals surface area (Å²) in [5.41, 5.74) is 7.74. The maximum atomic E-state index is 10.0. The third-order valence-electron chi connectivity index (χ3n) is 8.52. The summed E-state index contributed by atoms with van der Waals surface area (Å²) < 4.78 is 0. The zero-order valence-corrected chi connectivity index (χ0v) is 22.8. The fourth-order valence-corrected chi connectivity index (χ4v) is 6.66. The first-order valence-corrected chi connectivity index (χ1v) is 14.1. The molecule has 1 heterocycles. The Labute approximate surface area is 243 Å². The number of fused-ring (bicyclic) bond motifs is 1. The van der Waals surface area contributed by atoms with Crippen molar-refractivity contribution in [2.24, 2.45) is 0 Å². The van der Waals surface area contributed by atoms with Crippen LogP contribution in [0.5, 0.6) is 0 Å². The number of hydrogen-bond donors (Lipinski definition) is 0. The summed E-state index contributed by atoms with van der Waals surface area (Å²) in [6.45, 7) is 0.878. The third kappa shape index (κ3) is 3.53. The SMILES string of the molecule is N#Cc1ccc2c(c1)N(c1cc3ccc(N(c4ccccc4)c4ccccc4C#N)c4ccc5cccc1c5c34)CC2. The van der Waals surface area contributed by atoms with Crippen molar-refractivity contribution in [3.8, 4) is 12.1 Å². The molecule has 0 unspecified atom stereocenters. The summed E-state index contributed by atoms with van der Waals surface area (Å²) in [5, 5.41) is 26.8. The Morgan fingerprint density at radius 3 is 2.26 bits per heavy atom. The van der Waals surface area contributed by atoms with Crippen molar-refractivity contribution in [3.05, 3.63) is 138 Å². The van der Waals surface area contributed by atoms with E-state index in [4.69, 9.17) is 0 Å². The Hall–Kier alpha value is -5.84. The Morgan fingerprint density at radius 2 is 1.40 bits per heavy atom. The lowest BCUT2D eigenvalue weighted by Gasteiger charge is -2.29. The van der Waals surface area contributed by atoms with Crippen molar-refractivity contribution < 1.29 is 0 Å². The van der Waals surface area contributed by atoms with Gasteiger partial charge in [0, 0.05) is 34.4 Å². The van der Waals surface area contributed by atoms with Gasteiger partial charge in [0.25, 0.3) is 0 Å². The second-order valence-electron chi connectivity index (χ2n) is 10.8. The molecule has 7 aromatic carbocycles. The molecule has 0 aromatic heterocycles. The molecule has 4 heteroatoms. The second-order valence-corrected chi connectivity index (χ2v) is 10.8. The molecule has 0 amide bonds. The highest BCUT2D eigenvalue weighted by molar-refractivity contribution is 6.28. The van der Waals surface area contributed by atoms with Gasteiger partial charge in [-0.05, 0) is 82.1 Å². The minimum atomic E-state index is 0.624. The molecule has 0 aliphatic carbocycles. The van der Waals surface area contributed by atoms with Gasteiger partial charge in [-0.1, -0.05) is 72.8 Å². The molecule has 1 aliphatic heterocycles. The predicted molar refractivity (Wildman–Crippen MR) is 171 cm³/mol. The van der Waals surface area contributed by atoms with Gasteiger partial charge in [0.1, 0.15) is 6.07 Å². The molecule has 0 saturated carbocycles. The maximum absolute atomic E-state index is 10.0. The van der Waals surface area contributed by atoms with E-state index in [1.165, 1.54) is 32.5 Å². The van der Waals surface area contributed by atoms with E-state index in [1.807, 2.05) is 54.6 Å². The van der Waals surface area contributed by atoms with Crippen LogP contribution in [0, 0.1) is 22.7 Å². The fourth-order valence-electron chi connectivity index (χ4n) is 6.66. The highest BCUT2D eigenvalue weighted by Gasteiger charge is 2.25. The van der Waals surface area contributed by atoms with Crippen LogP contribution in [0.4, 0.5) is 28.4 Å². The number of rotatable bonds is 4. The second kappa shape index (κ2) is 9.37. The molecule has 196 valence electrons. The van der Waals surface area contributed by atoms with Crippen molar-refractivity contribution in [1.82, 2.24) is 0 Å². The fraction of sp³-hybridized carbons (Fsp3) is 0.0526. The van der Waals surface area contributed by atoms with Gasteiger partial charge in [0.15, 0.2) is 0 Å². The molecule has 0 radical (unpaired) electrons. The van der Waals surface area contributed by atoms with Crippen LogP contribution in [0.15, 0.2) is 121 Å². The molecule has 7 aromatic rings. The van der Waals surface area contributed by atoms with Gasteiger partial charge in [0.05, 0.1) is 28.6 Å². The Bertz CT molecular complexity index is 2240. The lowest BCUT2D eigenvalue weighted by Crippen LogP contribution is -2.14. The topological polar surface area (TPSA) is 54.1 Å². The molecule has 42 heavy (non-hydrogen) atoms. The molecule has 0 fully saturated rings. The lowest BCUT2D eigenvalue weighted by atomic mass is 9.91. The van der Waals surface area contributed by atoms with Gasteiger partial charge in [-0.2, -0.15) is 10.5 Å². The van der Waals surface area contributed by atoms with Crippen molar-refractivity contribution in [1.29, 1.82) is 10.5 Å². The minimum Gasteiger partial charge on any atom is -0.340 e. The first-order valence-electron chi connectivity index (χ1n) is 14.1. The maximum Gasteiger partial charge on any atom is 0.101 e. The number of hydrogen-bond acceptors (Lipinski definition) is 4. The predicted octanol–water partition coefficient (Wildman–Crippen LogP) is 9.49. The Balaban J connectivity index is 1.41. The normalized spacial score (nSPS) is 12.5. The number of para-hydroxylation sites is 2. The van der Waals surface area contributed by atoms with Gasteiger partial charge in [-0.3, -0.25) is 0 Å². The number of nitriles is 2. The third-order valence-corrected chi connectivity index (χ3v) is 8.52. The molecule has 0 saturated heterocycles. The highest BCUT2D eigenvalue weighted by atomic mass is 15.2. The molecule has 0 bridgehead atoms. The molecule has 8 rings (SSSR count). The Kier molecular flexibility index (Phi) is 5.36. The highest BCUT2D eigenvalue weighted by Crippen LogP contribution is 2.48. The molecular formula is C38H24N4. The first-order chi connectivity index (χ1) is 20.7. The van der Waals surface area contributed by atoms with Crippen LogP contribution in [0.2, 0.25) is 0 Å². The summed E-state index contributed by atoms with van der Waals surface area (Å²) in [5.74, 6) is 0. The summed E-state index contributed by atoms with van der Waals surface area (Å²) in [4.78, 5) is 4.57. The lowest BCUT2D eigenvalue weighted by molar-refractivity contribution is 1.00. The van der Waals surface area contributed by atoms with E-state index in [-0.39, 0.29) is 0 Å². The monoisotopic (exact) mass is 536 g/mol. The van der Waals surface area contributed by atoms with Crippen molar-refractivity contribution in [3.63, 3.8) is 0 Å². The number of benzene rings is 7. The van der Waals surface area contributed by atoms with Crippen LogP contribution in [-0.4, -0.2) is 6.54 Å². The zero-order chi connectivity index (χ0) is 28.2. The van der Waals surface area contributed by atoms with Crippen molar-refractivity contribution in [2.75, 3.05) is 16.3 Å². The van der Waals surface area contributed by atoms with E-state index in [9.17, 15) is 10.5 Å². The van der Waals surface area contributed by atoms with Gasteiger partial charge >= 0.3 is 0 Å².